The van der Waals surface area contributed by atoms with Crippen LogP contribution in [0.3, 0.4) is 0 Å². The van der Waals surface area contributed by atoms with Crippen LogP contribution in [0.4, 0.5) is 0 Å². The van der Waals surface area contributed by atoms with Gasteiger partial charge in [-0.25, -0.2) is 0 Å². The van der Waals surface area contributed by atoms with E-state index >= 15 is 0 Å². The number of aliphatic hydroxyl groups is 1. The molecule has 0 bridgehead atoms. The van der Waals surface area contributed by atoms with Gasteiger partial charge in [0.15, 0.2) is 6.29 Å². The molecule has 0 aromatic carbocycles. The molecule has 90 valence electrons. The first-order valence-corrected chi connectivity index (χ1v) is 5.67. The van der Waals surface area contributed by atoms with Crippen LogP contribution in [0.5, 0.6) is 0 Å². The van der Waals surface area contributed by atoms with E-state index in [1.54, 1.807) is 7.11 Å². The lowest BCUT2D eigenvalue weighted by Crippen LogP contribution is -2.48. The van der Waals surface area contributed by atoms with E-state index in [9.17, 15) is 5.11 Å². The second kappa shape index (κ2) is 6.43. The highest BCUT2D eigenvalue weighted by atomic mass is 16.7. The quantitative estimate of drug-likeness (QED) is 0.707. The summed E-state index contributed by atoms with van der Waals surface area (Å²) < 4.78 is 16.3. The predicted molar refractivity (Wildman–Crippen MR) is 56.6 cm³/mol. The van der Waals surface area contributed by atoms with Gasteiger partial charge in [-0.05, 0) is 13.3 Å². The van der Waals surface area contributed by atoms with Crippen molar-refractivity contribution >= 4 is 0 Å². The van der Waals surface area contributed by atoms with Gasteiger partial charge in [0.05, 0.1) is 12.2 Å². The summed E-state index contributed by atoms with van der Waals surface area (Å²) in [6.45, 7) is 4.67. The third kappa shape index (κ3) is 3.72. The third-order valence-corrected chi connectivity index (χ3v) is 2.76. The lowest BCUT2D eigenvalue weighted by atomic mass is 10.0. The maximum absolute atomic E-state index is 9.72. The number of hydrogen-bond acceptors (Lipinski definition) is 4. The molecular weight excluding hydrogens is 196 g/mol. The monoisotopic (exact) mass is 218 g/mol. The van der Waals surface area contributed by atoms with Crippen molar-refractivity contribution in [3.8, 4) is 0 Å². The van der Waals surface area contributed by atoms with Crippen LogP contribution in [0, 0.1) is 0 Å². The number of methoxy groups -OCH3 is 1. The topological polar surface area (TPSA) is 47.9 Å². The Bertz CT molecular complexity index is 174. The maximum Gasteiger partial charge on any atom is 0.160 e. The molecule has 0 aromatic rings. The molecule has 0 unspecified atom stereocenters. The van der Waals surface area contributed by atoms with Gasteiger partial charge in [0.25, 0.3) is 0 Å². The molecule has 1 rings (SSSR count). The second-order valence-electron chi connectivity index (χ2n) is 4.00. The first kappa shape index (κ1) is 12.9. The summed E-state index contributed by atoms with van der Waals surface area (Å²) in [6, 6.07) is 0. The summed E-state index contributed by atoms with van der Waals surface area (Å²) in [4.78, 5) is 0. The SMILES string of the molecule is CCCCO[C@@H]1C[C@@H](OC)[C@H](O)[C@H](C)O1. The Morgan fingerprint density at radius 2 is 2.20 bits per heavy atom. The Labute approximate surface area is 91.5 Å². The van der Waals surface area contributed by atoms with Crippen LogP contribution in [0.2, 0.25) is 0 Å². The molecule has 0 radical (unpaired) electrons. The van der Waals surface area contributed by atoms with Crippen molar-refractivity contribution in [3.05, 3.63) is 0 Å². The molecule has 0 aromatic heterocycles. The largest absolute Gasteiger partial charge is 0.388 e. The minimum Gasteiger partial charge on any atom is -0.388 e. The minimum absolute atomic E-state index is 0.180. The molecule has 1 N–H and O–H groups in total. The van der Waals surface area contributed by atoms with E-state index in [4.69, 9.17) is 14.2 Å². The van der Waals surface area contributed by atoms with E-state index in [1.807, 2.05) is 6.92 Å². The Hall–Kier alpha value is -0.160. The first-order valence-electron chi connectivity index (χ1n) is 5.67. The molecule has 4 atom stereocenters. The molecule has 1 saturated heterocycles. The molecule has 0 saturated carbocycles. The average molecular weight is 218 g/mol. The van der Waals surface area contributed by atoms with Crippen molar-refractivity contribution < 1.29 is 19.3 Å². The summed E-state index contributed by atoms with van der Waals surface area (Å²) in [5, 5.41) is 9.72. The zero-order valence-corrected chi connectivity index (χ0v) is 9.81. The molecule has 4 heteroatoms. The fourth-order valence-electron chi connectivity index (χ4n) is 1.71. The van der Waals surface area contributed by atoms with Crippen LogP contribution in [0.1, 0.15) is 33.1 Å². The predicted octanol–water partition coefficient (Wildman–Crippen LogP) is 1.31. The van der Waals surface area contributed by atoms with Gasteiger partial charge in [0.2, 0.25) is 0 Å². The van der Waals surface area contributed by atoms with E-state index in [-0.39, 0.29) is 18.5 Å². The average Bonchev–Trinajstić information content (AvgIpc) is 2.23. The molecule has 0 amide bonds. The maximum atomic E-state index is 9.72. The Kier molecular flexibility index (Phi) is 5.53. The van der Waals surface area contributed by atoms with Crippen LogP contribution in [-0.2, 0) is 14.2 Å². The molecule has 15 heavy (non-hydrogen) atoms. The highest BCUT2D eigenvalue weighted by Gasteiger charge is 2.35. The van der Waals surface area contributed by atoms with Crippen LogP contribution in [0.25, 0.3) is 0 Å². The first-order chi connectivity index (χ1) is 7.19. The van der Waals surface area contributed by atoms with Crippen LogP contribution >= 0.6 is 0 Å². The van der Waals surface area contributed by atoms with Crippen molar-refractivity contribution in [2.24, 2.45) is 0 Å². The zero-order valence-electron chi connectivity index (χ0n) is 9.81. The van der Waals surface area contributed by atoms with Crippen LogP contribution in [-0.4, -0.2) is 43.4 Å². The highest BCUT2D eigenvalue weighted by molar-refractivity contribution is 4.81. The van der Waals surface area contributed by atoms with E-state index < -0.39 is 6.10 Å². The van der Waals surface area contributed by atoms with Crippen molar-refractivity contribution in [3.63, 3.8) is 0 Å². The van der Waals surface area contributed by atoms with Gasteiger partial charge in [-0.15, -0.1) is 0 Å². The summed E-state index contributed by atoms with van der Waals surface area (Å²) in [5.41, 5.74) is 0. The van der Waals surface area contributed by atoms with Gasteiger partial charge < -0.3 is 19.3 Å². The number of aliphatic hydroxyl groups excluding tert-OH is 1. The van der Waals surface area contributed by atoms with Gasteiger partial charge in [-0.2, -0.15) is 0 Å². The molecule has 1 fully saturated rings. The zero-order chi connectivity index (χ0) is 11.3. The fourth-order valence-corrected chi connectivity index (χ4v) is 1.71. The van der Waals surface area contributed by atoms with E-state index in [2.05, 4.69) is 6.92 Å². The molecular formula is C11H22O4. The van der Waals surface area contributed by atoms with Crippen molar-refractivity contribution in [1.29, 1.82) is 0 Å². The van der Waals surface area contributed by atoms with Gasteiger partial charge >= 0.3 is 0 Å². The Morgan fingerprint density at radius 3 is 2.80 bits per heavy atom. The normalized spacial score (nSPS) is 36.8. The summed E-state index contributed by atoms with van der Waals surface area (Å²) in [7, 11) is 1.61. The second-order valence-corrected chi connectivity index (χ2v) is 4.00. The number of rotatable bonds is 5. The standard InChI is InChI=1S/C11H22O4/c1-4-5-6-14-10-7-9(13-3)11(12)8(2)15-10/h8-12H,4-7H2,1-3H3/t8-,9+,10-,11+/m0/s1. The van der Waals surface area contributed by atoms with Crippen molar-refractivity contribution in [1.82, 2.24) is 0 Å². The van der Waals surface area contributed by atoms with E-state index in [0.29, 0.717) is 13.0 Å². The van der Waals surface area contributed by atoms with Crippen molar-refractivity contribution in [2.45, 2.75) is 57.7 Å². The number of unbranched alkanes of at least 4 members (excludes halogenated alkanes) is 1. The van der Waals surface area contributed by atoms with Gasteiger partial charge in [0.1, 0.15) is 6.10 Å². The molecule has 1 aliphatic heterocycles. The third-order valence-electron chi connectivity index (χ3n) is 2.76. The lowest BCUT2D eigenvalue weighted by molar-refractivity contribution is -0.249. The molecule has 1 heterocycles. The van der Waals surface area contributed by atoms with Crippen LogP contribution < -0.4 is 0 Å². The van der Waals surface area contributed by atoms with E-state index in [1.165, 1.54) is 0 Å². The molecule has 1 aliphatic rings. The summed E-state index contributed by atoms with van der Waals surface area (Å²) in [5.74, 6) is 0. The Balaban J connectivity index is 2.34. The summed E-state index contributed by atoms with van der Waals surface area (Å²) in [6.07, 6.45) is 1.55. The Morgan fingerprint density at radius 1 is 1.47 bits per heavy atom. The van der Waals surface area contributed by atoms with E-state index in [0.717, 1.165) is 12.8 Å². The number of hydrogen-bond donors (Lipinski definition) is 1. The van der Waals surface area contributed by atoms with Crippen LogP contribution in [0.15, 0.2) is 0 Å². The molecule has 0 aliphatic carbocycles. The number of ether oxygens (including phenoxy) is 3. The van der Waals surface area contributed by atoms with Crippen molar-refractivity contribution in [2.75, 3.05) is 13.7 Å². The van der Waals surface area contributed by atoms with Gasteiger partial charge in [-0.1, -0.05) is 13.3 Å². The smallest absolute Gasteiger partial charge is 0.160 e. The minimum atomic E-state index is -0.555. The molecule has 4 nitrogen and oxygen atoms in total. The highest BCUT2D eigenvalue weighted by Crippen LogP contribution is 2.23. The lowest BCUT2D eigenvalue weighted by Gasteiger charge is -2.36. The van der Waals surface area contributed by atoms with Gasteiger partial charge in [-0.3, -0.25) is 0 Å². The summed E-state index contributed by atoms with van der Waals surface area (Å²) >= 11 is 0. The molecule has 0 spiro atoms. The fraction of sp³-hybridized carbons (Fsp3) is 1.00. The van der Waals surface area contributed by atoms with Gasteiger partial charge in [0, 0.05) is 20.1 Å².